The molecule has 6 nitrogen and oxygen atoms in total. The molecule has 4 heterocycles. The van der Waals surface area contributed by atoms with Gasteiger partial charge in [0.2, 0.25) is 0 Å². The van der Waals surface area contributed by atoms with Gasteiger partial charge in [0.25, 0.3) is 0 Å². The second kappa shape index (κ2) is 7.03. The van der Waals surface area contributed by atoms with E-state index in [9.17, 15) is 0 Å². The highest BCUT2D eigenvalue weighted by Gasteiger charge is 2.28. The molecule has 3 aromatic rings. The number of hydrogen-bond acceptors (Lipinski definition) is 5. The molecular formula is C20H34N6. The number of aromatic amines is 1. The molecule has 1 saturated heterocycles. The van der Waals surface area contributed by atoms with Crippen molar-refractivity contribution in [2.45, 2.75) is 32.7 Å². The number of pyridine rings is 2. The molecule has 0 unspecified atom stereocenters. The Kier molecular flexibility index (Phi) is 4.59. The predicted octanol–water partition coefficient (Wildman–Crippen LogP) is 4.20. The number of piperidine rings is 1. The van der Waals surface area contributed by atoms with Crippen LogP contribution in [0.5, 0.6) is 0 Å². The number of fused-ring (bicyclic) bond motifs is 1. The molecule has 0 radical (unpaired) electrons. The molecule has 3 N–H and O–H groups in total. The van der Waals surface area contributed by atoms with Crippen molar-refractivity contribution >= 4 is 16.9 Å². The number of nitrogens with zero attached hydrogens (tertiary/aromatic N) is 4. The maximum absolute atomic E-state index is 6.37. The summed E-state index contributed by atoms with van der Waals surface area (Å²) < 4.78 is 0. The van der Waals surface area contributed by atoms with Gasteiger partial charge in [-0.15, -0.1) is 0 Å². The molecule has 0 saturated carbocycles. The normalized spacial score (nSPS) is 20.8. The van der Waals surface area contributed by atoms with Crippen LogP contribution in [0.4, 0.5) is 5.82 Å². The average Bonchev–Trinajstić information content (AvgIpc) is 3.07. The van der Waals surface area contributed by atoms with E-state index in [0.717, 1.165) is 54.2 Å². The van der Waals surface area contributed by atoms with Crippen LogP contribution in [0.1, 0.15) is 32.4 Å². The van der Waals surface area contributed by atoms with Crippen molar-refractivity contribution in [3.05, 3.63) is 36.5 Å². The summed E-state index contributed by atoms with van der Waals surface area (Å²) in [6, 6.07) is 10.4. The van der Waals surface area contributed by atoms with Crippen LogP contribution in [0.3, 0.4) is 0 Å². The van der Waals surface area contributed by atoms with Gasteiger partial charge in [0.1, 0.15) is 5.82 Å². The lowest BCUT2D eigenvalue weighted by Gasteiger charge is -2.38. The van der Waals surface area contributed by atoms with Gasteiger partial charge in [0.15, 0.2) is 5.65 Å². The lowest BCUT2D eigenvalue weighted by atomic mass is 9.86. The zero-order chi connectivity index (χ0) is 18.1. The van der Waals surface area contributed by atoms with Gasteiger partial charge in [-0.3, -0.25) is 5.10 Å². The highest BCUT2D eigenvalue weighted by Crippen LogP contribution is 2.28. The first-order valence-corrected chi connectivity index (χ1v) is 9.39. The zero-order valence-corrected chi connectivity index (χ0v) is 15.4. The Morgan fingerprint density at radius 2 is 2.19 bits per heavy atom. The van der Waals surface area contributed by atoms with Crippen LogP contribution >= 0.6 is 0 Å². The van der Waals surface area contributed by atoms with Crippen molar-refractivity contribution in [2.75, 3.05) is 18.0 Å². The van der Waals surface area contributed by atoms with E-state index in [-0.39, 0.29) is 5.71 Å². The van der Waals surface area contributed by atoms with E-state index < -0.39 is 0 Å². The Morgan fingerprint density at radius 3 is 3.04 bits per heavy atom. The van der Waals surface area contributed by atoms with Gasteiger partial charge in [-0.1, -0.05) is 19.9 Å². The first kappa shape index (κ1) is 17.0. The van der Waals surface area contributed by atoms with E-state index in [1.54, 1.807) is 6.20 Å². The molecule has 0 aromatic carbocycles. The minimum atomic E-state index is 0. The van der Waals surface area contributed by atoms with E-state index in [2.05, 4.69) is 46.1 Å². The van der Waals surface area contributed by atoms with Gasteiger partial charge in [0, 0.05) is 36.4 Å². The summed E-state index contributed by atoms with van der Waals surface area (Å²) in [6.45, 7) is 6.46. The van der Waals surface area contributed by atoms with E-state index in [1.807, 2.05) is 18.2 Å². The van der Waals surface area contributed by atoms with E-state index in [4.69, 9.17) is 10.7 Å². The summed E-state index contributed by atoms with van der Waals surface area (Å²) >= 11 is 0. The Hall–Kier alpha value is -2.47. The smallest absolute Gasteiger partial charge is 0.181 e. The van der Waals surface area contributed by atoms with Gasteiger partial charge in [0.05, 0.1) is 11.4 Å². The molecule has 0 amide bonds. The molecular weight excluding hydrogens is 324 g/mol. The monoisotopic (exact) mass is 358 g/mol. The molecule has 2 atom stereocenters. The molecule has 26 heavy (non-hydrogen) atoms. The van der Waals surface area contributed by atoms with Crippen molar-refractivity contribution in [1.82, 2.24) is 20.2 Å². The topological polar surface area (TPSA) is 83.7 Å². The van der Waals surface area contributed by atoms with Crippen LogP contribution in [0, 0.1) is 11.8 Å². The highest BCUT2D eigenvalue weighted by atomic mass is 15.2. The van der Waals surface area contributed by atoms with Crippen molar-refractivity contribution < 1.29 is 5.71 Å². The minimum absolute atomic E-state index is 0. The number of nitrogens with one attached hydrogen (secondary N) is 1. The fourth-order valence-corrected chi connectivity index (χ4v) is 3.90. The first-order chi connectivity index (χ1) is 12.6. The second-order valence-corrected chi connectivity index (χ2v) is 7.64. The Labute approximate surface area is 159 Å². The minimum Gasteiger partial charge on any atom is -0.356 e. The van der Waals surface area contributed by atoms with Crippen molar-refractivity contribution in [3.8, 4) is 11.4 Å². The fourth-order valence-electron chi connectivity index (χ4n) is 3.90. The van der Waals surface area contributed by atoms with E-state index in [0.29, 0.717) is 17.9 Å². The summed E-state index contributed by atoms with van der Waals surface area (Å²) in [6.07, 6.45) is 3.93. The molecule has 4 rings (SSSR count). The maximum Gasteiger partial charge on any atom is 0.181 e. The van der Waals surface area contributed by atoms with Crippen LogP contribution in [0.15, 0.2) is 36.5 Å². The summed E-state index contributed by atoms with van der Waals surface area (Å²) in [5.74, 6) is 2.19. The number of rotatable bonds is 4. The lowest BCUT2D eigenvalue weighted by Crippen LogP contribution is -2.47. The lowest BCUT2D eigenvalue weighted by molar-refractivity contribution is 0.303. The van der Waals surface area contributed by atoms with Gasteiger partial charge >= 0.3 is 0 Å². The summed E-state index contributed by atoms with van der Waals surface area (Å²) in [7, 11) is 0. The standard InChI is InChI=1S/C20H26N6.4H2/c1-13(2)11-14-12-26(10-8-16(14)21)18-7-3-6-17(23-18)19-15-5-4-9-22-20(15)25-24-19;;;;/h3-7,9,13-14,16H,8,10-12,21H2,1-2H3,(H,22,24,25);4*1H/t14-,16+;;;;/m0..../s1. The number of hydrogen-bond donors (Lipinski definition) is 2. The molecule has 1 aliphatic heterocycles. The molecule has 6 heteroatoms. The predicted molar refractivity (Wildman–Crippen MR) is 113 cm³/mol. The van der Waals surface area contributed by atoms with E-state index >= 15 is 0 Å². The third-order valence-electron chi connectivity index (χ3n) is 5.21. The number of anilines is 1. The third-order valence-corrected chi connectivity index (χ3v) is 5.21. The van der Waals surface area contributed by atoms with Crippen molar-refractivity contribution in [2.24, 2.45) is 17.6 Å². The number of nitrogens with two attached hydrogens (primary N) is 1. The summed E-state index contributed by atoms with van der Waals surface area (Å²) in [5, 5.41) is 8.37. The summed E-state index contributed by atoms with van der Waals surface area (Å²) in [4.78, 5) is 11.6. The molecule has 3 aromatic heterocycles. The average molecular weight is 359 g/mol. The number of H-pyrrole nitrogens is 1. The van der Waals surface area contributed by atoms with Crippen molar-refractivity contribution in [1.29, 1.82) is 0 Å². The SMILES string of the molecule is CC(C)C[C@H]1CN(c2cccc(-c3[nH]nc4ncccc34)n2)CC[C@H]1N.[HH].[HH].[HH].[HH]. The van der Waals surface area contributed by atoms with Gasteiger partial charge in [-0.25, -0.2) is 9.97 Å². The Morgan fingerprint density at radius 1 is 1.31 bits per heavy atom. The van der Waals surface area contributed by atoms with Gasteiger partial charge in [-0.2, -0.15) is 5.10 Å². The first-order valence-electron chi connectivity index (χ1n) is 9.39. The van der Waals surface area contributed by atoms with Crippen LogP contribution in [0.2, 0.25) is 0 Å². The van der Waals surface area contributed by atoms with Crippen LogP contribution in [0.25, 0.3) is 22.4 Å². The van der Waals surface area contributed by atoms with Gasteiger partial charge < -0.3 is 10.6 Å². The molecule has 0 bridgehead atoms. The van der Waals surface area contributed by atoms with Crippen molar-refractivity contribution in [3.63, 3.8) is 0 Å². The highest BCUT2D eigenvalue weighted by molar-refractivity contribution is 5.89. The Balaban J connectivity index is 0.00000210. The molecule has 1 fully saturated rings. The molecule has 0 spiro atoms. The second-order valence-electron chi connectivity index (χ2n) is 7.64. The third kappa shape index (κ3) is 3.29. The fraction of sp³-hybridized carbons (Fsp3) is 0.450. The van der Waals surface area contributed by atoms with Gasteiger partial charge in [-0.05, 0) is 48.9 Å². The zero-order valence-electron chi connectivity index (χ0n) is 15.4. The maximum atomic E-state index is 6.37. The molecule has 1 aliphatic rings. The largest absolute Gasteiger partial charge is 0.356 e. The van der Waals surface area contributed by atoms with Crippen LogP contribution < -0.4 is 10.6 Å². The number of aromatic nitrogens is 4. The van der Waals surface area contributed by atoms with E-state index in [1.165, 1.54) is 0 Å². The molecule has 144 valence electrons. The quantitative estimate of drug-likeness (QED) is 0.730. The van der Waals surface area contributed by atoms with Crippen LogP contribution in [-0.4, -0.2) is 39.3 Å². The Bertz CT molecular complexity index is 904. The summed E-state index contributed by atoms with van der Waals surface area (Å²) in [5.41, 5.74) is 8.90. The van der Waals surface area contributed by atoms with Crippen LogP contribution in [-0.2, 0) is 0 Å². The molecule has 0 aliphatic carbocycles.